The summed E-state index contributed by atoms with van der Waals surface area (Å²) in [4.78, 5) is 40.2. The van der Waals surface area contributed by atoms with Gasteiger partial charge in [-0.3, -0.25) is 14.9 Å². The molecule has 4 aliphatic carbocycles. The molecule has 4 bridgehead atoms. The summed E-state index contributed by atoms with van der Waals surface area (Å²) in [5.41, 5.74) is 4.89. The summed E-state index contributed by atoms with van der Waals surface area (Å²) >= 11 is 2.19. The van der Waals surface area contributed by atoms with Crippen molar-refractivity contribution < 1.29 is 19.1 Å². The standard InChI is InChI=1S/C35H33IN2O4/c1-21-2-4-22(5-3-21)20-42-31-11-6-23(16-30(31)36)15-29-32(39)37-34(41)38(33(29)40)28-9-7-27(8-10-28)35-17-24-12-25(18-35)14-26(13-24)19-35/h2-11,15-16,24-26H,12-14,17-20H2,1H3,(H,37,39,41)/b29-15+. The molecule has 4 amide bonds. The maximum Gasteiger partial charge on any atom is 0.335 e. The average molecular weight is 673 g/mol. The van der Waals surface area contributed by atoms with E-state index < -0.39 is 17.8 Å². The molecule has 214 valence electrons. The second-order valence-electron chi connectivity index (χ2n) is 12.7. The van der Waals surface area contributed by atoms with Gasteiger partial charge in [-0.1, -0.05) is 48.0 Å². The molecule has 1 saturated heterocycles. The zero-order valence-electron chi connectivity index (χ0n) is 23.6. The Bertz CT molecular complexity index is 1570. The van der Waals surface area contributed by atoms with Crippen LogP contribution in [0.5, 0.6) is 5.75 Å². The number of carbonyl (C=O) groups is 3. The van der Waals surface area contributed by atoms with Crippen LogP contribution < -0.4 is 15.0 Å². The molecule has 1 heterocycles. The first-order chi connectivity index (χ1) is 20.3. The molecule has 5 fully saturated rings. The van der Waals surface area contributed by atoms with Gasteiger partial charge < -0.3 is 4.74 Å². The van der Waals surface area contributed by atoms with E-state index in [-0.39, 0.29) is 11.0 Å². The molecule has 4 saturated carbocycles. The summed E-state index contributed by atoms with van der Waals surface area (Å²) in [6.45, 7) is 2.49. The van der Waals surface area contributed by atoms with Gasteiger partial charge in [-0.25, -0.2) is 9.69 Å². The number of rotatable bonds is 6. The number of nitrogens with one attached hydrogen (secondary N) is 1. The third-order valence-electron chi connectivity index (χ3n) is 9.66. The Morgan fingerprint density at radius 1 is 0.905 bits per heavy atom. The van der Waals surface area contributed by atoms with Crippen molar-refractivity contribution >= 4 is 52.2 Å². The Morgan fingerprint density at radius 2 is 1.55 bits per heavy atom. The van der Waals surface area contributed by atoms with Gasteiger partial charge in [0.15, 0.2) is 0 Å². The number of anilines is 1. The Balaban J connectivity index is 1.09. The number of carbonyl (C=O) groups excluding carboxylic acids is 3. The van der Waals surface area contributed by atoms with Crippen LogP contribution in [0.25, 0.3) is 6.08 Å². The lowest BCUT2D eigenvalue weighted by Crippen LogP contribution is -2.54. The number of imide groups is 2. The van der Waals surface area contributed by atoms with E-state index in [0.717, 1.165) is 31.8 Å². The number of amides is 4. The first-order valence-corrected chi connectivity index (χ1v) is 15.8. The van der Waals surface area contributed by atoms with Crippen molar-refractivity contribution in [1.29, 1.82) is 0 Å². The number of benzene rings is 3. The topological polar surface area (TPSA) is 75.7 Å². The predicted molar refractivity (Wildman–Crippen MR) is 170 cm³/mol. The van der Waals surface area contributed by atoms with Crippen molar-refractivity contribution in [3.8, 4) is 5.75 Å². The average Bonchev–Trinajstić information content (AvgIpc) is 2.95. The second-order valence-corrected chi connectivity index (χ2v) is 13.8. The van der Waals surface area contributed by atoms with E-state index in [4.69, 9.17) is 4.74 Å². The lowest BCUT2D eigenvalue weighted by Gasteiger charge is -2.57. The van der Waals surface area contributed by atoms with Gasteiger partial charge in [0, 0.05) is 0 Å². The maximum atomic E-state index is 13.5. The molecule has 6 nitrogen and oxygen atoms in total. The zero-order valence-corrected chi connectivity index (χ0v) is 25.7. The summed E-state index contributed by atoms with van der Waals surface area (Å²) in [7, 11) is 0. The van der Waals surface area contributed by atoms with E-state index in [1.165, 1.54) is 55.7 Å². The van der Waals surface area contributed by atoms with Gasteiger partial charge in [-0.05, 0) is 138 Å². The highest BCUT2D eigenvalue weighted by Gasteiger charge is 2.51. The molecule has 1 aliphatic heterocycles. The van der Waals surface area contributed by atoms with Crippen molar-refractivity contribution in [2.24, 2.45) is 17.8 Å². The molecule has 0 unspecified atom stereocenters. The fourth-order valence-electron chi connectivity index (χ4n) is 8.06. The third kappa shape index (κ3) is 5.06. The van der Waals surface area contributed by atoms with Crippen molar-refractivity contribution in [3.05, 3.63) is 98.1 Å². The van der Waals surface area contributed by atoms with Crippen LogP contribution in [-0.4, -0.2) is 17.8 Å². The van der Waals surface area contributed by atoms with E-state index in [2.05, 4.69) is 52.2 Å². The van der Waals surface area contributed by atoms with Crippen LogP contribution in [-0.2, 0) is 21.6 Å². The van der Waals surface area contributed by atoms with E-state index in [1.54, 1.807) is 6.07 Å². The van der Waals surface area contributed by atoms with Gasteiger partial charge >= 0.3 is 6.03 Å². The van der Waals surface area contributed by atoms with Gasteiger partial charge in [0.05, 0.1) is 9.26 Å². The van der Waals surface area contributed by atoms with Gasteiger partial charge in [0.1, 0.15) is 17.9 Å². The van der Waals surface area contributed by atoms with Crippen LogP contribution in [0.3, 0.4) is 0 Å². The lowest BCUT2D eigenvalue weighted by atomic mass is 9.48. The second kappa shape index (κ2) is 10.7. The molecular formula is C35H33IN2O4. The first-order valence-electron chi connectivity index (χ1n) is 14.8. The number of barbiturate groups is 1. The lowest BCUT2D eigenvalue weighted by molar-refractivity contribution is -0.122. The number of halogens is 1. The molecule has 3 aromatic rings. The predicted octanol–water partition coefficient (Wildman–Crippen LogP) is 7.31. The summed E-state index contributed by atoms with van der Waals surface area (Å²) in [5.74, 6) is 1.90. The molecule has 0 atom stereocenters. The van der Waals surface area contributed by atoms with E-state index in [0.29, 0.717) is 23.6 Å². The number of hydrogen-bond acceptors (Lipinski definition) is 4. The molecule has 0 spiro atoms. The Morgan fingerprint density at radius 3 is 2.17 bits per heavy atom. The minimum atomic E-state index is -0.723. The normalized spacial score (nSPS) is 27.5. The van der Waals surface area contributed by atoms with Crippen molar-refractivity contribution in [2.75, 3.05) is 4.90 Å². The highest BCUT2D eigenvalue weighted by molar-refractivity contribution is 14.1. The number of urea groups is 1. The third-order valence-corrected chi connectivity index (χ3v) is 10.5. The summed E-state index contributed by atoms with van der Waals surface area (Å²) in [6.07, 6.45) is 9.42. The van der Waals surface area contributed by atoms with Crippen molar-refractivity contribution in [2.45, 2.75) is 57.5 Å². The fourth-order valence-corrected chi connectivity index (χ4v) is 8.75. The number of nitrogens with zero attached hydrogens (tertiary/aromatic N) is 1. The van der Waals surface area contributed by atoms with E-state index >= 15 is 0 Å². The van der Waals surface area contributed by atoms with Crippen LogP contribution in [0.2, 0.25) is 0 Å². The Hall–Kier alpha value is -3.46. The largest absolute Gasteiger partial charge is 0.488 e. The van der Waals surface area contributed by atoms with Gasteiger partial charge in [0.25, 0.3) is 11.8 Å². The van der Waals surface area contributed by atoms with Crippen LogP contribution >= 0.6 is 22.6 Å². The number of hydrogen-bond donors (Lipinski definition) is 1. The summed E-state index contributed by atoms with van der Waals surface area (Å²) < 4.78 is 6.85. The number of ether oxygens (including phenoxy) is 1. The highest BCUT2D eigenvalue weighted by atomic mass is 127. The van der Waals surface area contributed by atoms with Crippen molar-refractivity contribution in [3.63, 3.8) is 0 Å². The fraction of sp³-hybridized carbons (Fsp3) is 0.343. The maximum absolute atomic E-state index is 13.5. The summed E-state index contributed by atoms with van der Waals surface area (Å²) in [6, 6.07) is 20.9. The van der Waals surface area contributed by atoms with Gasteiger partial charge in [0.2, 0.25) is 0 Å². The molecule has 1 N–H and O–H groups in total. The van der Waals surface area contributed by atoms with Crippen LogP contribution in [0.1, 0.15) is 60.8 Å². The quantitative estimate of drug-likeness (QED) is 0.169. The molecule has 8 rings (SSSR count). The zero-order chi connectivity index (χ0) is 29.0. The monoisotopic (exact) mass is 672 g/mol. The molecular weight excluding hydrogens is 639 g/mol. The SMILES string of the molecule is Cc1ccc(COc2ccc(/C=C3\C(=O)NC(=O)N(c4ccc(C56CC7CC(CC(C7)C5)C6)cc4)C3=O)cc2I)cc1. The van der Waals surface area contributed by atoms with Crippen LogP contribution in [0, 0.1) is 28.2 Å². The van der Waals surface area contributed by atoms with E-state index in [1.807, 2.05) is 43.3 Å². The molecule has 0 aromatic heterocycles. The van der Waals surface area contributed by atoms with Crippen molar-refractivity contribution in [1.82, 2.24) is 5.32 Å². The minimum Gasteiger partial charge on any atom is -0.488 e. The van der Waals surface area contributed by atoms with Gasteiger partial charge in [-0.2, -0.15) is 0 Å². The van der Waals surface area contributed by atoms with E-state index in [9.17, 15) is 14.4 Å². The molecule has 42 heavy (non-hydrogen) atoms. The van der Waals surface area contributed by atoms with Crippen LogP contribution in [0.4, 0.5) is 10.5 Å². The van der Waals surface area contributed by atoms with Gasteiger partial charge in [-0.15, -0.1) is 0 Å². The molecule has 5 aliphatic rings. The Labute approximate surface area is 259 Å². The number of aryl methyl sites for hydroxylation is 1. The molecule has 3 aromatic carbocycles. The smallest absolute Gasteiger partial charge is 0.335 e. The van der Waals surface area contributed by atoms with Crippen LogP contribution in [0.15, 0.2) is 72.3 Å². The Kier molecular flexibility index (Phi) is 6.95. The summed E-state index contributed by atoms with van der Waals surface area (Å²) in [5, 5.41) is 2.35. The first kappa shape index (κ1) is 27.4. The minimum absolute atomic E-state index is 0.0797. The molecule has 7 heteroatoms. The highest BCUT2D eigenvalue weighted by Crippen LogP contribution is 2.60. The molecule has 0 radical (unpaired) electrons.